The van der Waals surface area contributed by atoms with Gasteiger partial charge in [0, 0.05) is 19.0 Å². The van der Waals surface area contributed by atoms with Gasteiger partial charge in [-0.15, -0.1) is 0 Å². The Kier molecular flexibility index (Phi) is 3.39. The van der Waals surface area contributed by atoms with E-state index in [0.29, 0.717) is 28.9 Å². The molecule has 1 aromatic heterocycles. The Labute approximate surface area is 98.8 Å². The van der Waals surface area contributed by atoms with Gasteiger partial charge in [0.1, 0.15) is 11.6 Å². The van der Waals surface area contributed by atoms with Crippen LogP contribution >= 0.6 is 0 Å². The summed E-state index contributed by atoms with van der Waals surface area (Å²) in [6, 6.07) is 5.25. The van der Waals surface area contributed by atoms with E-state index in [9.17, 15) is 4.79 Å². The topological polar surface area (TPSA) is 67.0 Å². The van der Waals surface area contributed by atoms with Crippen LogP contribution in [0.5, 0.6) is 5.75 Å². The van der Waals surface area contributed by atoms with Crippen LogP contribution in [0.25, 0.3) is 10.9 Å². The SMILES string of the molecule is CNCCc1nc2cc(OC)ccc2c(=O)[nH]1. The highest BCUT2D eigenvalue weighted by Gasteiger charge is 2.04. The number of aromatic amines is 1. The summed E-state index contributed by atoms with van der Waals surface area (Å²) in [5.74, 6) is 1.39. The zero-order valence-electron chi connectivity index (χ0n) is 9.91. The van der Waals surface area contributed by atoms with E-state index in [2.05, 4.69) is 15.3 Å². The van der Waals surface area contributed by atoms with Gasteiger partial charge < -0.3 is 15.0 Å². The molecule has 0 bridgehead atoms. The molecule has 0 aliphatic carbocycles. The van der Waals surface area contributed by atoms with Gasteiger partial charge in [-0.2, -0.15) is 0 Å². The highest BCUT2D eigenvalue weighted by atomic mass is 16.5. The van der Waals surface area contributed by atoms with Crippen molar-refractivity contribution in [2.45, 2.75) is 6.42 Å². The highest BCUT2D eigenvalue weighted by molar-refractivity contribution is 5.78. The van der Waals surface area contributed by atoms with Crippen LogP contribution in [0.1, 0.15) is 5.82 Å². The zero-order valence-corrected chi connectivity index (χ0v) is 9.91. The lowest BCUT2D eigenvalue weighted by atomic mass is 10.2. The van der Waals surface area contributed by atoms with Gasteiger partial charge in [-0.25, -0.2) is 4.98 Å². The highest BCUT2D eigenvalue weighted by Crippen LogP contribution is 2.16. The number of hydrogen-bond acceptors (Lipinski definition) is 4. The molecule has 1 aromatic carbocycles. The van der Waals surface area contributed by atoms with Crippen molar-refractivity contribution in [3.8, 4) is 5.75 Å². The fourth-order valence-corrected chi connectivity index (χ4v) is 1.66. The largest absolute Gasteiger partial charge is 0.497 e. The van der Waals surface area contributed by atoms with Crippen LogP contribution < -0.4 is 15.6 Å². The summed E-state index contributed by atoms with van der Waals surface area (Å²) in [7, 11) is 3.46. The van der Waals surface area contributed by atoms with Crippen molar-refractivity contribution >= 4 is 10.9 Å². The molecule has 0 saturated heterocycles. The zero-order chi connectivity index (χ0) is 12.3. The molecule has 0 spiro atoms. The number of hydrogen-bond donors (Lipinski definition) is 2. The van der Waals surface area contributed by atoms with Gasteiger partial charge in [0.15, 0.2) is 0 Å². The van der Waals surface area contributed by atoms with E-state index in [1.807, 2.05) is 7.05 Å². The molecule has 0 atom stereocenters. The normalized spacial score (nSPS) is 10.7. The lowest BCUT2D eigenvalue weighted by Crippen LogP contribution is -2.17. The minimum Gasteiger partial charge on any atom is -0.497 e. The number of likely N-dealkylation sites (N-methyl/N-ethyl adjacent to an activating group) is 1. The minimum atomic E-state index is -0.108. The lowest BCUT2D eigenvalue weighted by molar-refractivity contribution is 0.415. The van der Waals surface area contributed by atoms with E-state index >= 15 is 0 Å². The second kappa shape index (κ2) is 4.97. The van der Waals surface area contributed by atoms with Crippen molar-refractivity contribution in [2.75, 3.05) is 20.7 Å². The summed E-state index contributed by atoms with van der Waals surface area (Å²) in [5, 5.41) is 3.60. The van der Waals surface area contributed by atoms with Crippen molar-refractivity contribution in [1.29, 1.82) is 0 Å². The molecule has 2 rings (SSSR count). The predicted octanol–water partition coefficient (Wildman–Crippen LogP) is 0.694. The maximum atomic E-state index is 11.8. The number of benzene rings is 1. The van der Waals surface area contributed by atoms with Crippen LogP contribution in [-0.2, 0) is 6.42 Å². The molecule has 5 nitrogen and oxygen atoms in total. The summed E-state index contributed by atoms with van der Waals surface area (Å²) >= 11 is 0. The number of rotatable bonds is 4. The second-order valence-corrected chi connectivity index (χ2v) is 3.75. The van der Waals surface area contributed by atoms with Crippen LogP contribution in [0.4, 0.5) is 0 Å². The number of ether oxygens (including phenoxy) is 1. The van der Waals surface area contributed by atoms with E-state index in [4.69, 9.17) is 4.74 Å². The monoisotopic (exact) mass is 233 g/mol. The van der Waals surface area contributed by atoms with Gasteiger partial charge in [-0.1, -0.05) is 0 Å². The summed E-state index contributed by atoms with van der Waals surface area (Å²) in [4.78, 5) is 19.0. The molecule has 0 unspecified atom stereocenters. The third kappa shape index (κ3) is 2.45. The van der Waals surface area contributed by atoms with Gasteiger partial charge in [0.05, 0.1) is 18.0 Å². The third-order valence-electron chi connectivity index (χ3n) is 2.57. The fourth-order valence-electron chi connectivity index (χ4n) is 1.66. The number of nitrogens with zero attached hydrogens (tertiary/aromatic N) is 1. The molecule has 0 fully saturated rings. The van der Waals surface area contributed by atoms with Crippen molar-refractivity contribution in [3.63, 3.8) is 0 Å². The summed E-state index contributed by atoms with van der Waals surface area (Å²) in [6.45, 7) is 0.776. The van der Waals surface area contributed by atoms with Gasteiger partial charge in [0.2, 0.25) is 0 Å². The number of H-pyrrole nitrogens is 1. The Bertz CT molecular complexity index is 577. The van der Waals surface area contributed by atoms with Crippen molar-refractivity contribution in [1.82, 2.24) is 15.3 Å². The number of aromatic nitrogens is 2. The average molecular weight is 233 g/mol. The summed E-state index contributed by atoms with van der Waals surface area (Å²) in [5.41, 5.74) is 0.558. The van der Waals surface area contributed by atoms with Crippen LogP contribution in [0.15, 0.2) is 23.0 Å². The van der Waals surface area contributed by atoms with Gasteiger partial charge in [0.25, 0.3) is 5.56 Å². The Balaban J connectivity index is 2.50. The van der Waals surface area contributed by atoms with Crippen LogP contribution in [0.2, 0.25) is 0 Å². The molecule has 0 aliphatic rings. The fraction of sp³-hybridized carbons (Fsp3) is 0.333. The van der Waals surface area contributed by atoms with E-state index in [-0.39, 0.29) is 5.56 Å². The number of fused-ring (bicyclic) bond motifs is 1. The number of methoxy groups -OCH3 is 1. The molecule has 0 aliphatic heterocycles. The quantitative estimate of drug-likeness (QED) is 0.815. The maximum Gasteiger partial charge on any atom is 0.258 e. The standard InChI is InChI=1S/C12H15N3O2/c1-13-6-5-11-14-10-7-8(17-2)3-4-9(10)12(16)15-11/h3-4,7,13H,5-6H2,1-2H3,(H,14,15,16). The summed E-state index contributed by atoms with van der Waals surface area (Å²) in [6.07, 6.45) is 0.693. The molecule has 0 amide bonds. The molecule has 17 heavy (non-hydrogen) atoms. The average Bonchev–Trinajstić information content (AvgIpc) is 2.35. The Morgan fingerprint density at radius 2 is 2.29 bits per heavy atom. The molecule has 1 heterocycles. The summed E-state index contributed by atoms with van der Waals surface area (Å²) < 4.78 is 5.12. The van der Waals surface area contributed by atoms with Gasteiger partial charge in [-0.3, -0.25) is 4.79 Å². The van der Waals surface area contributed by atoms with E-state index < -0.39 is 0 Å². The molecule has 0 radical (unpaired) electrons. The van der Waals surface area contributed by atoms with Crippen LogP contribution in [0.3, 0.4) is 0 Å². The van der Waals surface area contributed by atoms with E-state index in [0.717, 1.165) is 6.54 Å². The van der Waals surface area contributed by atoms with Crippen LogP contribution in [0, 0.1) is 0 Å². The first kappa shape index (κ1) is 11.6. The van der Waals surface area contributed by atoms with Crippen LogP contribution in [-0.4, -0.2) is 30.7 Å². The van der Waals surface area contributed by atoms with Crippen molar-refractivity contribution in [3.05, 3.63) is 34.4 Å². The molecule has 5 heteroatoms. The third-order valence-corrected chi connectivity index (χ3v) is 2.57. The molecular weight excluding hydrogens is 218 g/mol. The second-order valence-electron chi connectivity index (χ2n) is 3.75. The van der Waals surface area contributed by atoms with E-state index in [1.54, 1.807) is 25.3 Å². The Hall–Kier alpha value is -1.88. The first-order chi connectivity index (χ1) is 8.24. The Morgan fingerprint density at radius 3 is 3.00 bits per heavy atom. The molecule has 2 aromatic rings. The first-order valence-electron chi connectivity index (χ1n) is 5.46. The van der Waals surface area contributed by atoms with Crippen molar-refractivity contribution < 1.29 is 4.74 Å². The number of nitrogens with one attached hydrogen (secondary N) is 2. The smallest absolute Gasteiger partial charge is 0.258 e. The minimum absolute atomic E-state index is 0.108. The molecule has 0 saturated carbocycles. The Morgan fingerprint density at radius 1 is 1.47 bits per heavy atom. The van der Waals surface area contributed by atoms with Gasteiger partial charge in [-0.05, 0) is 19.2 Å². The maximum absolute atomic E-state index is 11.8. The predicted molar refractivity (Wildman–Crippen MR) is 66.5 cm³/mol. The van der Waals surface area contributed by atoms with Crippen molar-refractivity contribution in [2.24, 2.45) is 0 Å². The molecule has 2 N–H and O–H groups in total. The molecular formula is C12H15N3O2. The molecule has 90 valence electrons. The lowest BCUT2D eigenvalue weighted by Gasteiger charge is -2.04. The van der Waals surface area contributed by atoms with E-state index in [1.165, 1.54) is 0 Å². The van der Waals surface area contributed by atoms with Gasteiger partial charge >= 0.3 is 0 Å². The first-order valence-corrected chi connectivity index (χ1v) is 5.46.